The molecule has 1 aromatic carbocycles. The molecule has 3 rings (SSSR count). The summed E-state index contributed by atoms with van der Waals surface area (Å²) >= 11 is 6.22. The summed E-state index contributed by atoms with van der Waals surface area (Å²) in [6.45, 7) is 7.76. The highest BCUT2D eigenvalue weighted by molar-refractivity contribution is 6.32. The summed E-state index contributed by atoms with van der Waals surface area (Å²) in [6, 6.07) is 3.99. The van der Waals surface area contributed by atoms with Crippen molar-refractivity contribution in [3.63, 3.8) is 0 Å². The molecular weight excluding hydrogens is 290 g/mol. The van der Waals surface area contributed by atoms with Gasteiger partial charge in [-0.2, -0.15) is 0 Å². The Morgan fingerprint density at radius 3 is 2.90 bits per heavy atom. The number of hydrogen-bond acceptors (Lipinski definition) is 5. The van der Waals surface area contributed by atoms with Crippen LogP contribution in [-0.2, 0) is 6.54 Å². The number of likely N-dealkylation sites (N-methyl/N-ethyl adjacent to an activating group) is 1. The second-order valence-electron chi connectivity index (χ2n) is 5.64. The van der Waals surface area contributed by atoms with E-state index in [1.165, 1.54) is 0 Å². The summed E-state index contributed by atoms with van der Waals surface area (Å²) in [7, 11) is 2.14. The summed E-state index contributed by atoms with van der Waals surface area (Å²) in [4.78, 5) is 4.82. The van der Waals surface area contributed by atoms with Crippen LogP contribution >= 0.6 is 11.6 Å². The standard InChI is InChI=1S/C15H22ClN3O2/c1-18(6-7-19-4-2-17-3-5-19)10-12-8-13(16)15-14(9-12)20-11-21-15/h8-9,17H,2-7,10-11H2,1H3. The SMILES string of the molecule is CN(CCN1CCNCC1)Cc1cc(Cl)c2c(c1)OCO2. The van der Waals surface area contributed by atoms with E-state index in [4.69, 9.17) is 21.1 Å². The van der Waals surface area contributed by atoms with Gasteiger partial charge in [-0.3, -0.25) is 4.90 Å². The third-order valence-electron chi connectivity index (χ3n) is 3.95. The third-order valence-corrected chi connectivity index (χ3v) is 4.23. The summed E-state index contributed by atoms with van der Waals surface area (Å²) < 4.78 is 10.8. The van der Waals surface area contributed by atoms with Crippen LogP contribution in [0.4, 0.5) is 0 Å². The molecule has 0 spiro atoms. The number of piperazine rings is 1. The summed E-state index contributed by atoms with van der Waals surface area (Å²) in [6.07, 6.45) is 0. The topological polar surface area (TPSA) is 37.0 Å². The van der Waals surface area contributed by atoms with Crippen molar-refractivity contribution < 1.29 is 9.47 Å². The van der Waals surface area contributed by atoms with Crippen molar-refractivity contribution in [1.29, 1.82) is 0 Å². The highest BCUT2D eigenvalue weighted by atomic mass is 35.5. The molecule has 0 bridgehead atoms. The van der Waals surface area contributed by atoms with E-state index < -0.39 is 0 Å². The minimum Gasteiger partial charge on any atom is -0.454 e. The Bertz CT molecular complexity index is 492. The Balaban J connectivity index is 1.52. The zero-order chi connectivity index (χ0) is 14.7. The maximum absolute atomic E-state index is 6.22. The lowest BCUT2D eigenvalue weighted by atomic mass is 10.2. The Kier molecular flexibility index (Phi) is 4.85. The molecule has 0 amide bonds. The Labute approximate surface area is 130 Å². The highest BCUT2D eigenvalue weighted by Crippen LogP contribution is 2.39. The molecule has 21 heavy (non-hydrogen) atoms. The minimum absolute atomic E-state index is 0.261. The summed E-state index contributed by atoms with van der Waals surface area (Å²) in [5, 5.41) is 4.01. The van der Waals surface area contributed by atoms with Gasteiger partial charge in [-0.25, -0.2) is 0 Å². The number of nitrogens with one attached hydrogen (secondary N) is 1. The zero-order valence-corrected chi connectivity index (χ0v) is 13.2. The number of halogens is 1. The largest absolute Gasteiger partial charge is 0.454 e. The van der Waals surface area contributed by atoms with E-state index in [2.05, 4.69) is 22.2 Å². The van der Waals surface area contributed by atoms with E-state index in [1.807, 2.05) is 12.1 Å². The van der Waals surface area contributed by atoms with Crippen molar-refractivity contribution in [3.8, 4) is 11.5 Å². The molecule has 116 valence electrons. The molecule has 6 heteroatoms. The van der Waals surface area contributed by atoms with Crippen LogP contribution in [0.25, 0.3) is 0 Å². The summed E-state index contributed by atoms with van der Waals surface area (Å²) in [5.41, 5.74) is 1.16. The lowest BCUT2D eigenvalue weighted by molar-refractivity contribution is 0.174. The van der Waals surface area contributed by atoms with Crippen molar-refractivity contribution >= 4 is 11.6 Å². The number of rotatable bonds is 5. The van der Waals surface area contributed by atoms with Crippen molar-refractivity contribution in [2.75, 3.05) is 53.1 Å². The number of fused-ring (bicyclic) bond motifs is 1. The van der Waals surface area contributed by atoms with Gasteiger partial charge < -0.3 is 19.7 Å². The van der Waals surface area contributed by atoms with E-state index in [-0.39, 0.29) is 6.79 Å². The normalized spacial score (nSPS) is 18.4. The smallest absolute Gasteiger partial charge is 0.231 e. The molecule has 2 aliphatic heterocycles. The van der Waals surface area contributed by atoms with Gasteiger partial charge in [0.15, 0.2) is 11.5 Å². The van der Waals surface area contributed by atoms with Gasteiger partial charge in [0.25, 0.3) is 0 Å². The van der Waals surface area contributed by atoms with Crippen LogP contribution < -0.4 is 14.8 Å². The Hall–Kier alpha value is -1.01. The molecule has 0 unspecified atom stereocenters. The molecule has 1 fully saturated rings. The average molecular weight is 312 g/mol. The minimum atomic E-state index is 0.261. The fourth-order valence-corrected chi connectivity index (χ4v) is 3.04. The summed E-state index contributed by atoms with van der Waals surface area (Å²) in [5.74, 6) is 1.43. The predicted molar refractivity (Wildman–Crippen MR) is 83.2 cm³/mol. The van der Waals surface area contributed by atoms with Crippen LogP contribution in [0.1, 0.15) is 5.56 Å². The molecular formula is C15H22ClN3O2. The van der Waals surface area contributed by atoms with Gasteiger partial charge in [-0.05, 0) is 24.7 Å². The molecule has 1 aromatic rings. The van der Waals surface area contributed by atoms with Gasteiger partial charge in [0.05, 0.1) is 5.02 Å². The first-order chi connectivity index (χ1) is 10.2. The zero-order valence-electron chi connectivity index (χ0n) is 12.4. The van der Waals surface area contributed by atoms with Crippen LogP contribution in [0, 0.1) is 0 Å². The van der Waals surface area contributed by atoms with Crippen molar-refractivity contribution in [2.24, 2.45) is 0 Å². The van der Waals surface area contributed by atoms with Crippen LogP contribution in [0.2, 0.25) is 5.02 Å². The van der Waals surface area contributed by atoms with E-state index in [0.717, 1.165) is 57.1 Å². The first-order valence-corrected chi connectivity index (χ1v) is 7.80. The van der Waals surface area contributed by atoms with Gasteiger partial charge in [-0.15, -0.1) is 0 Å². The molecule has 0 aromatic heterocycles. The first kappa shape index (κ1) is 14.9. The second-order valence-corrected chi connectivity index (χ2v) is 6.05. The van der Waals surface area contributed by atoms with Gasteiger partial charge >= 0.3 is 0 Å². The Morgan fingerprint density at radius 1 is 1.29 bits per heavy atom. The monoisotopic (exact) mass is 311 g/mol. The van der Waals surface area contributed by atoms with Gasteiger partial charge in [0.2, 0.25) is 6.79 Å². The quantitative estimate of drug-likeness (QED) is 0.890. The Morgan fingerprint density at radius 2 is 2.10 bits per heavy atom. The third kappa shape index (κ3) is 3.80. The van der Waals surface area contributed by atoms with Crippen LogP contribution in [-0.4, -0.2) is 62.9 Å². The molecule has 2 heterocycles. The van der Waals surface area contributed by atoms with Crippen LogP contribution in [0.3, 0.4) is 0 Å². The van der Waals surface area contributed by atoms with E-state index >= 15 is 0 Å². The molecule has 1 saturated heterocycles. The molecule has 0 saturated carbocycles. The number of ether oxygens (including phenoxy) is 2. The molecule has 0 aliphatic carbocycles. The average Bonchev–Trinajstić information content (AvgIpc) is 2.95. The molecule has 2 aliphatic rings. The van der Waals surface area contributed by atoms with E-state index in [0.29, 0.717) is 10.8 Å². The lowest BCUT2D eigenvalue weighted by Crippen LogP contribution is -2.45. The molecule has 0 atom stereocenters. The van der Waals surface area contributed by atoms with Gasteiger partial charge in [-0.1, -0.05) is 11.6 Å². The van der Waals surface area contributed by atoms with E-state index in [9.17, 15) is 0 Å². The van der Waals surface area contributed by atoms with Gasteiger partial charge in [0.1, 0.15) is 0 Å². The fourth-order valence-electron chi connectivity index (χ4n) is 2.75. The maximum Gasteiger partial charge on any atom is 0.231 e. The van der Waals surface area contributed by atoms with Crippen molar-refractivity contribution in [2.45, 2.75) is 6.54 Å². The fraction of sp³-hybridized carbons (Fsp3) is 0.600. The van der Waals surface area contributed by atoms with Crippen LogP contribution in [0.5, 0.6) is 11.5 Å². The van der Waals surface area contributed by atoms with Crippen molar-refractivity contribution in [3.05, 3.63) is 22.7 Å². The van der Waals surface area contributed by atoms with Crippen molar-refractivity contribution in [1.82, 2.24) is 15.1 Å². The predicted octanol–water partition coefficient (Wildman–Crippen LogP) is 1.41. The van der Waals surface area contributed by atoms with Gasteiger partial charge in [0, 0.05) is 45.8 Å². The molecule has 5 nitrogen and oxygen atoms in total. The number of hydrogen-bond donors (Lipinski definition) is 1. The van der Waals surface area contributed by atoms with Crippen LogP contribution in [0.15, 0.2) is 12.1 Å². The molecule has 1 N–H and O–H groups in total. The second kappa shape index (κ2) is 6.83. The van der Waals surface area contributed by atoms with E-state index in [1.54, 1.807) is 0 Å². The molecule has 0 radical (unpaired) electrons. The number of nitrogens with zero attached hydrogens (tertiary/aromatic N) is 2. The highest BCUT2D eigenvalue weighted by Gasteiger charge is 2.18. The number of benzene rings is 1. The maximum atomic E-state index is 6.22. The first-order valence-electron chi connectivity index (χ1n) is 7.42. The lowest BCUT2D eigenvalue weighted by Gasteiger charge is -2.29.